The summed E-state index contributed by atoms with van der Waals surface area (Å²) in [4.78, 5) is 22.5. The molecule has 0 saturated heterocycles. The zero-order chi connectivity index (χ0) is 15.4. The third kappa shape index (κ3) is 3.87. The first kappa shape index (κ1) is 14.7. The van der Waals surface area contributed by atoms with Gasteiger partial charge in [-0.25, -0.2) is 9.59 Å². The van der Waals surface area contributed by atoms with Gasteiger partial charge in [-0.05, 0) is 42.5 Å². The number of hydrogen-bond acceptors (Lipinski definition) is 3. The normalized spacial score (nSPS) is 9.95. The average molecular weight is 307 g/mol. The monoisotopic (exact) mass is 306 g/mol. The number of aromatic carboxylic acids is 1. The average Bonchev–Trinajstić information content (AvgIpc) is 2.43. The zero-order valence-electron chi connectivity index (χ0n) is 10.6. The molecule has 21 heavy (non-hydrogen) atoms. The lowest BCUT2D eigenvalue weighted by Crippen LogP contribution is -2.19. The Bertz CT molecular complexity index is 686. The quantitative estimate of drug-likeness (QED) is 0.653. The second-order valence-corrected chi connectivity index (χ2v) is 4.56. The van der Waals surface area contributed by atoms with Gasteiger partial charge in [0, 0.05) is 10.7 Å². The van der Waals surface area contributed by atoms with Crippen molar-refractivity contribution in [1.82, 2.24) is 0 Å². The highest BCUT2D eigenvalue weighted by atomic mass is 35.5. The molecule has 2 amide bonds. The standard InChI is InChI=1S/C14H11ClN2O4/c15-9-2-4-10(5-3-9)16-14(21)17-11-6-1-8(13(19)20)7-12(11)18/h1-7,18H,(H,19,20)(H2,16,17,21). The van der Waals surface area contributed by atoms with Crippen LogP contribution in [0.5, 0.6) is 5.75 Å². The van der Waals surface area contributed by atoms with Crippen LogP contribution in [0.25, 0.3) is 0 Å². The molecule has 2 rings (SSSR count). The van der Waals surface area contributed by atoms with Crippen LogP contribution in [0.3, 0.4) is 0 Å². The summed E-state index contributed by atoms with van der Waals surface area (Å²) >= 11 is 5.73. The Labute approximate surface area is 125 Å². The van der Waals surface area contributed by atoms with E-state index in [1.807, 2.05) is 0 Å². The van der Waals surface area contributed by atoms with Crippen molar-refractivity contribution in [3.63, 3.8) is 0 Å². The van der Waals surface area contributed by atoms with Crippen molar-refractivity contribution < 1.29 is 19.8 Å². The fourth-order valence-corrected chi connectivity index (χ4v) is 1.71. The summed E-state index contributed by atoms with van der Waals surface area (Å²) in [6.45, 7) is 0. The Balaban J connectivity index is 2.06. The van der Waals surface area contributed by atoms with E-state index in [-0.39, 0.29) is 17.0 Å². The van der Waals surface area contributed by atoms with Gasteiger partial charge >= 0.3 is 12.0 Å². The number of carbonyl (C=O) groups excluding carboxylic acids is 1. The number of amides is 2. The van der Waals surface area contributed by atoms with E-state index in [0.29, 0.717) is 10.7 Å². The molecular weight excluding hydrogens is 296 g/mol. The molecule has 108 valence electrons. The lowest BCUT2D eigenvalue weighted by Gasteiger charge is -2.09. The highest BCUT2D eigenvalue weighted by molar-refractivity contribution is 6.30. The third-order valence-corrected chi connectivity index (χ3v) is 2.85. The molecule has 6 nitrogen and oxygen atoms in total. The lowest BCUT2D eigenvalue weighted by atomic mass is 10.2. The van der Waals surface area contributed by atoms with Crippen molar-refractivity contribution in [3.05, 3.63) is 53.1 Å². The maximum Gasteiger partial charge on any atom is 0.335 e. The highest BCUT2D eigenvalue weighted by Crippen LogP contribution is 2.24. The first-order chi connectivity index (χ1) is 9.95. The topological polar surface area (TPSA) is 98.7 Å². The van der Waals surface area contributed by atoms with Crippen molar-refractivity contribution >= 4 is 35.0 Å². The highest BCUT2D eigenvalue weighted by Gasteiger charge is 2.10. The SMILES string of the molecule is O=C(Nc1ccc(Cl)cc1)Nc1ccc(C(=O)O)cc1O. The number of carboxylic acids is 1. The van der Waals surface area contributed by atoms with Crippen LogP contribution < -0.4 is 10.6 Å². The van der Waals surface area contributed by atoms with Gasteiger partial charge in [0.15, 0.2) is 0 Å². The molecule has 0 unspecified atom stereocenters. The molecule has 0 aliphatic rings. The van der Waals surface area contributed by atoms with Gasteiger partial charge in [-0.3, -0.25) is 0 Å². The van der Waals surface area contributed by atoms with E-state index in [1.165, 1.54) is 12.1 Å². The van der Waals surface area contributed by atoms with Crippen LogP contribution in [0, 0.1) is 0 Å². The summed E-state index contributed by atoms with van der Waals surface area (Å²) in [5, 5.41) is 23.9. The van der Waals surface area contributed by atoms with E-state index >= 15 is 0 Å². The number of benzene rings is 2. The Kier molecular flexibility index (Phi) is 4.30. The second-order valence-electron chi connectivity index (χ2n) is 4.12. The van der Waals surface area contributed by atoms with Crippen LogP contribution in [0.4, 0.5) is 16.2 Å². The van der Waals surface area contributed by atoms with Gasteiger partial charge in [-0.1, -0.05) is 11.6 Å². The molecule has 0 saturated carbocycles. The van der Waals surface area contributed by atoms with E-state index in [1.54, 1.807) is 24.3 Å². The van der Waals surface area contributed by atoms with E-state index in [4.69, 9.17) is 16.7 Å². The smallest absolute Gasteiger partial charge is 0.335 e. The van der Waals surface area contributed by atoms with Crippen LogP contribution in [-0.2, 0) is 0 Å². The number of halogens is 1. The number of hydrogen-bond donors (Lipinski definition) is 4. The van der Waals surface area contributed by atoms with Crippen molar-refractivity contribution in [2.45, 2.75) is 0 Å². The summed E-state index contributed by atoms with van der Waals surface area (Å²) in [6, 6.07) is 9.55. The van der Waals surface area contributed by atoms with Crippen molar-refractivity contribution in [3.8, 4) is 5.75 Å². The van der Waals surface area contributed by atoms with Crippen LogP contribution in [0.1, 0.15) is 10.4 Å². The van der Waals surface area contributed by atoms with Gasteiger partial charge < -0.3 is 20.8 Å². The number of rotatable bonds is 3. The van der Waals surface area contributed by atoms with Crippen LogP contribution in [-0.4, -0.2) is 22.2 Å². The van der Waals surface area contributed by atoms with Gasteiger partial charge in [0.25, 0.3) is 0 Å². The second kappa shape index (κ2) is 6.15. The number of anilines is 2. The zero-order valence-corrected chi connectivity index (χ0v) is 11.4. The molecule has 0 aliphatic heterocycles. The summed E-state index contributed by atoms with van der Waals surface area (Å²) in [7, 11) is 0. The van der Waals surface area contributed by atoms with Crippen LogP contribution in [0.15, 0.2) is 42.5 Å². The molecule has 7 heteroatoms. The molecule has 0 bridgehead atoms. The number of urea groups is 1. The third-order valence-electron chi connectivity index (χ3n) is 2.59. The minimum Gasteiger partial charge on any atom is -0.506 e. The molecule has 0 radical (unpaired) electrons. The Morgan fingerprint density at radius 3 is 2.24 bits per heavy atom. The molecule has 2 aromatic rings. The summed E-state index contributed by atoms with van der Waals surface area (Å²) in [5.74, 6) is -1.50. The molecule has 0 atom stereocenters. The molecule has 0 fully saturated rings. The molecule has 0 spiro atoms. The first-order valence-corrected chi connectivity index (χ1v) is 6.23. The molecule has 0 aliphatic carbocycles. The van der Waals surface area contributed by atoms with Crippen LogP contribution in [0.2, 0.25) is 5.02 Å². The van der Waals surface area contributed by atoms with E-state index in [9.17, 15) is 14.7 Å². The fraction of sp³-hybridized carbons (Fsp3) is 0. The number of carboxylic acid groups (broad SMARTS) is 1. The fourth-order valence-electron chi connectivity index (χ4n) is 1.59. The minimum absolute atomic E-state index is 0.0730. The summed E-state index contributed by atoms with van der Waals surface area (Å²) in [5.41, 5.74) is 0.557. The van der Waals surface area contributed by atoms with Gasteiger partial charge in [-0.2, -0.15) is 0 Å². The predicted octanol–water partition coefficient (Wildman–Crippen LogP) is 3.39. The number of nitrogens with one attached hydrogen (secondary N) is 2. The molecule has 2 aromatic carbocycles. The number of phenolic OH excluding ortho intramolecular Hbond substituents is 1. The van der Waals surface area contributed by atoms with E-state index < -0.39 is 12.0 Å². The molecule has 4 N–H and O–H groups in total. The van der Waals surface area contributed by atoms with Gasteiger partial charge in [-0.15, -0.1) is 0 Å². The Morgan fingerprint density at radius 1 is 1.00 bits per heavy atom. The summed E-state index contributed by atoms with van der Waals surface area (Å²) < 4.78 is 0. The van der Waals surface area contributed by atoms with E-state index in [0.717, 1.165) is 6.07 Å². The molecular formula is C14H11ClN2O4. The van der Waals surface area contributed by atoms with Gasteiger partial charge in [0.05, 0.1) is 11.3 Å². The Hall–Kier alpha value is -2.73. The largest absolute Gasteiger partial charge is 0.506 e. The Morgan fingerprint density at radius 2 is 1.67 bits per heavy atom. The van der Waals surface area contributed by atoms with Crippen molar-refractivity contribution in [2.75, 3.05) is 10.6 Å². The van der Waals surface area contributed by atoms with Crippen LogP contribution >= 0.6 is 11.6 Å². The van der Waals surface area contributed by atoms with E-state index in [2.05, 4.69) is 10.6 Å². The number of aromatic hydroxyl groups is 1. The predicted molar refractivity (Wildman–Crippen MR) is 79.2 cm³/mol. The van der Waals surface area contributed by atoms with Crippen molar-refractivity contribution in [1.29, 1.82) is 0 Å². The van der Waals surface area contributed by atoms with Crippen molar-refractivity contribution in [2.24, 2.45) is 0 Å². The summed E-state index contributed by atoms with van der Waals surface area (Å²) in [6.07, 6.45) is 0. The number of phenols is 1. The molecule has 0 heterocycles. The number of carbonyl (C=O) groups is 2. The van der Waals surface area contributed by atoms with Gasteiger partial charge in [0.1, 0.15) is 5.75 Å². The minimum atomic E-state index is -1.16. The lowest BCUT2D eigenvalue weighted by molar-refractivity contribution is 0.0696. The first-order valence-electron chi connectivity index (χ1n) is 5.85. The maximum absolute atomic E-state index is 11.8. The van der Waals surface area contributed by atoms with Gasteiger partial charge in [0.2, 0.25) is 0 Å². The maximum atomic E-state index is 11.8. The molecule has 0 aromatic heterocycles.